The molecule has 0 radical (unpaired) electrons. The van der Waals surface area contributed by atoms with Crippen LogP contribution in [0.3, 0.4) is 0 Å². The smallest absolute Gasteiger partial charge is 0.270 e. The number of halogens is 1. The number of rotatable bonds is 8. The van der Waals surface area contributed by atoms with Gasteiger partial charge in [0.2, 0.25) is 5.91 Å². The van der Waals surface area contributed by atoms with Crippen molar-refractivity contribution < 1.29 is 9.59 Å². The summed E-state index contributed by atoms with van der Waals surface area (Å²) in [5.74, 6) is -0.156. The highest BCUT2D eigenvalue weighted by atomic mass is 35.5. The van der Waals surface area contributed by atoms with Crippen LogP contribution in [0.1, 0.15) is 47.4 Å². The number of hydrogen-bond donors (Lipinski definition) is 2. The second kappa shape index (κ2) is 9.56. The third-order valence-electron chi connectivity index (χ3n) is 4.83. The Morgan fingerprint density at radius 1 is 1.07 bits per heavy atom. The first kappa shape index (κ1) is 20.9. The van der Waals surface area contributed by atoms with Crippen LogP contribution in [0.15, 0.2) is 42.6 Å². The van der Waals surface area contributed by atoms with Gasteiger partial charge in [-0.2, -0.15) is 0 Å². The second-order valence-corrected chi connectivity index (χ2v) is 7.41. The molecule has 0 aliphatic carbocycles. The number of carbonyl (C=O) groups excluding carboxylic acids is 2. The van der Waals surface area contributed by atoms with E-state index < -0.39 is 0 Å². The number of benzene rings is 1. The van der Waals surface area contributed by atoms with Crippen molar-refractivity contribution in [1.82, 2.24) is 14.7 Å². The van der Waals surface area contributed by atoms with Crippen molar-refractivity contribution in [3.05, 3.63) is 64.6 Å². The summed E-state index contributed by atoms with van der Waals surface area (Å²) in [5.41, 5.74) is 3.65. The fourth-order valence-electron chi connectivity index (χ4n) is 3.22. The zero-order valence-electron chi connectivity index (χ0n) is 16.7. The third kappa shape index (κ3) is 5.15. The molecule has 2 heterocycles. The Morgan fingerprint density at radius 2 is 1.90 bits per heavy atom. The second-order valence-electron chi connectivity index (χ2n) is 7.00. The minimum Gasteiger partial charge on any atom is -0.351 e. The number of aromatic nitrogens is 2. The van der Waals surface area contributed by atoms with E-state index in [0.29, 0.717) is 29.4 Å². The van der Waals surface area contributed by atoms with E-state index in [-0.39, 0.29) is 11.8 Å². The number of hydrogen-bond acceptors (Lipinski definition) is 3. The van der Waals surface area contributed by atoms with Gasteiger partial charge in [0.25, 0.3) is 5.91 Å². The van der Waals surface area contributed by atoms with Gasteiger partial charge in [-0.05, 0) is 56.5 Å². The number of imidazole rings is 1. The minimum atomic E-state index is -0.129. The Bertz CT molecular complexity index is 1030. The van der Waals surface area contributed by atoms with Crippen molar-refractivity contribution in [3.8, 4) is 0 Å². The zero-order chi connectivity index (χ0) is 20.8. The van der Waals surface area contributed by atoms with E-state index in [1.54, 1.807) is 10.5 Å². The van der Waals surface area contributed by atoms with Crippen LogP contribution in [0.4, 0.5) is 5.69 Å². The number of nitrogens with zero attached hydrogens (tertiary/aromatic N) is 2. The number of carbonyl (C=O) groups is 2. The summed E-state index contributed by atoms with van der Waals surface area (Å²) in [7, 11) is 0. The molecule has 2 amide bonds. The number of aryl methyl sites for hydroxylation is 1. The Hall–Kier alpha value is -2.86. The molecule has 0 aliphatic heterocycles. The monoisotopic (exact) mass is 412 g/mol. The van der Waals surface area contributed by atoms with E-state index in [9.17, 15) is 9.59 Å². The number of nitrogens with one attached hydrogen (secondary N) is 2. The quantitative estimate of drug-likeness (QED) is 0.533. The maximum Gasteiger partial charge on any atom is 0.270 e. The van der Waals surface area contributed by atoms with Crippen molar-refractivity contribution in [1.29, 1.82) is 0 Å². The highest BCUT2D eigenvalue weighted by Gasteiger charge is 2.15. The van der Waals surface area contributed by atoms with Crippen LogP contribution in [0, 0.1) is 13.8 Å². The molecule has 6 nitrogen and oxygen atoms in total. The molecular formula is C22H25ClN4O2. The summed E-state index contributed by atoms with van der Waals surface area (Å²) in [6, 6.07) is 11.1. The van der Waals surface area contributed by atoms with Gasteiger partial charge in [0.05, 0.1) is 5.69 Å². The molecule has 0 bridgehead atoms. The first-order valence-corrected chi connectivity index (χ1v) is 10.1. The highest BCUT2D eigenvalue weighted by Crippen LogP contribution is 2.23. The average Bonchev–Trinajstić information content (AvgIpc) is 3.03. The van der Waals surface area contributed by atoms with Gasteiger partial charge in [-0.15, -0.1) is 0 Å². The summed E-state index contributed by atoms with van der Waals surface area (Å²) in [6.07, 6.45) is 4.70. The highest BCUT2D eigenvalue weighted by molar-refractivity contribution is 6.31. The molecule has 0 aliphatic rings. The van der Waals surface area contributed by atoms with E-state index in [4.69, 9.17) is 11.6 Å². The molecule has 3 rings (SSSR count). The van der Waals surface area contributed by atoms with Gasteiger partial charge in [0.15, 0.2) is 0 Å². The fourth-order valence-corrected chi connectivity index (χ4v) is 3.39. The Labute approximate surface area is 175 Å². The van der Waals surface area contributed by atoms with Gasteiger partial charge in [-0.25, -0.2) is 4.98 Å². The number of anilines is 1. The van der Waals surface area contributed by atoms with Crippen LogP contribution in [0.2, 0.25) is 5.02 Å². The van der Waals surface area contributed by atoms with Gasteiger partial charge in [-0.3, -0.25) is 14.0 Å². The molecule has 7 heteroatoms. The minimum absolute atomic E-state index is 0.0271. The van der Waals surface area contributed by atoms with Gasteiger partial charge in [-0.1, -0.05) is 30.2 Å². The lowest BCUT2D eigenvalue weighted by molar-refractivity contribution is -0.116. The van der Waals surface area contributed by atoms with Crippen molar-refractivity contribution in [3.63, 3.8) is 0 Å². The van der Waals surface area contributed by atoms with Crippen LogP contribution in [-0.2, 0) is 4.79 Å². The van der Waals surface area contributed by atoms with E-state index in [1.807, 2.05) is 50.4 Å². The predicted molar refractivity (Wildman–Crippen MR) is 116 cm³/mol. The summed E-state index contributed by atoms with van der Waals surface area (Å²) < 4.78 is 1.80. The topological polar surface area (TPSA) is 75.5 Å². The average molecular weight is 413 g/mol. The van der Waals surface area contributed by atoms with Crippen LogP contribution in [0.25, 0.3) is 5.65 Å². The molecule has 2 aromatic heterocycles. The molecule has 152 valence electrons. The van der Waals surface area contributed by atoms with Crippen LogP contribution in [-0.4, -0.2) is 27.7 Å². The molecule has 0 spiro atoms. The molecular weight excluding hydrogens is 388 g/mol. The van der Waals surface area contributed by atoms with E-state index in [0.717, 1.165) is 36.2 Å². The maximum absolute atomic E-state index is 12.5. The largest absolute Gasteiger partial charge is 0.351 e. The fraction of sp³-hybridized carbons (Fsp3) is 0.318. The Balaban J connectivity index is 1.38. The Morgan fingerprint density at radius 3 is 2.72 bits per heavy atom. The summed E-state index contributed by atoms with van der Waals surface area (Å²) in [6.45, 7) is 4.28. The number of pyridine rings is 1. The van der Waals surface area contributed by atoms with Crippen molar-refractivity contribution in [2.45, 2.75) is 39.5 Å². The lowest BCUT2D eigenvalue weighted by Gasteiger charge is -2.09. The first-order valence-electron chi connectivity index (χ1n) is 9.74. The van der Waals surface area contributed by atoms with E-state index in [2.05, 4.69) is 15.6 Å². The first-order chi connectivity index (χ1) is 14.0. The number of unbranched alkanes of at least 4 members (excludes halogenated alkanes) is 2. The summed E-state index contributed by atoms with van der Waals surface area (Å²) >= 11 is 6.07. The van der Waals surface area contributed by atoms with Gasteiger partial charge >= 0.3 is 0 Å². The van der Waals surface area contributed by atoms with Crippen LogP contribution in [0.5, 0.6) is 0 Å². The molecule has 0 saturated heterocycles. The number of fused-ring (bicyclic) bond motifs is 1. The predicted octanol–water partition coefficient (Wildman–Crippen LogP) is 4.53. The molecule has 0 saturated carbocycles. The van der Waals surface area contributed by atoms with Gasteiger partial charge in [0.1, 0.15) is 11.3 Å². The molecule has 0 unspecified atom stereocenters. The number of amides is 2. The van der Waals surface area contributed by atoms with Crippen molar-refractivity contribution in [2.75, 3.05) is 11.9 Å². The van der Waals surface area contributed by atoms with Crippen molar-refractivity contribution >= 4 is 34.7 Å². The normalized spacial score (nSPS) is 10.9. The van der Waals surface area contributed by atoms with E-state index >= 15 is 0 Å². The van der Waals surface area contributed by atoms with E-state index in [1.165, 1.54) is 0 Å². The zero-order valence-corrected chi connectivity index (χ0v) is 17.4. The Kier molecular flexibility index (Phi) is 6.88. The van der Waals surface area contributed by atoms with Crippen LogP contribution < -0.4 is 10.6 Å². The molecule has 1 aromatic carbocycles. The maximum atomic E-state index is 12.5. The molecule has 0 atom stereocenters. The van der Waals surface area contributed by atoms with Crippen molar-refractivity contribution in [2.24, 2.45) is 0 Å². The molecule has 3 aromatic rings. The lowest BCUT2D eigenvalue weighted by Crippen LogP contribution is -2.26. The molecule has 29 heavy (non-hydrogen) atoms. The third-order valence-corrected chi connectivity index (χ3v) is 5.24. The van der Waals surface area contributed by atoms with Gasteiger partial charge in [0, 0.05) is 29.9 Å². The van der Waals surface area contributed by atoms with Gasteiger partial charge < -0.3 is 10.6 Å². The standard InChI is InChI=1S/C22H25ClN4O2/c1-15-17(23)9-8-10-18(15)26-20(28)12-4-3-6-13-24-22(29)21-16(2)25-19-11-5-7-14-27(19)21/h5,7-11,14H,3-4,6,12-13H2,1-2H3,(H,24,29)(H,26,28). The van der Waals surface area contributed by atoms with Crippen LogP contribution >= 0.6 is 11.6 Å². The lowest BCUT2D eigenvalue weighted by atomic mass is 10.1. The molecule has 2 N–H and O–H groups in total. The SMILES string of the molecule is Cc1nc2ccccn2c1C(=O)NCCCCCC(=O)Nc1cccc(Cl)c1C. The summed E-state index contributed by atoms with van der Waals surface area (Å²) in [4.78, 5) is 29.0. The summed E-state index contributed by atoms with van der Waals surface area (Å²) in [5, 5.41) is 6.48. The molecule has 0 fully saturated rings.